The van der Waals surface area contributed by atoms with Crippen LogP contribution in [0, 0.1) is 0 Å². The van der Waals surface area contributed by atoms with Crippen LogP contribution >= 0.6 is 11.6 Å². The van der Waals surface area contributed by atoms with Crippen molar-refractivity contribution in [3.63, 3.8) is 0 Å². The number of nitrogens with zero attached hydrogens (tertiary/aromatic N) is 3. The fourth-order valence-corrected chi connectivity index (χ4v) is 3.77. The molecule has 0 radical (unpaired) electrons. The molecule has 1 fully saturated rings. The number of amides is 2. The number of carbonyl (C=O) groups excluding carboxylic acids is 1. The summed E-state index contributed by atoms with van der Waals surface area (Å²) in [5.41, 5.74) is 0.276. The van der Waals surface area contributed by atoms with E-state index in [1.54, 1.807) is 23.1 Å². The van der Waals surface area contributed by atoms with Crippen LogP contribution < -0.4 is 10.1 Å². The van der Waals surface area contributed by atoms with E-state index in [9.17, 15) is 4.79 Å². The van der Waals surface area contributed by atoms with E-state index in [-0.39, 0.29) is 12.6 Å². The molecule has 4 rings (SSSR count). The lowest BCUT2D eigenvalue weighted by atomic mass is 9.81. The first-order valence-electron chi connectivity index (χ1n) is 9.84. The van der Waals surface area contributed by atoms with Gasteiger partial charge in [-0.2, -0.15) is 4.98 Å². The van der Waals surface area contributed by atoms with Crippen molar-refractivity contribution >= 4 is 23.3 Å². The number of piperidine rings is 1. The molecule has 1 atom stereocenters. The number of halogens is 1. The summed E-state index contributed by atoms with van der Waals surface area (Å²) < 4.78 is 11.1. The zero-order valence-electron chi connectivity index (χ0n) is 16.7. The number of likely N-dealkylation sites (tertiary alicyclic amines) is 1. The Hall–Kier alpha value is -3.06. The Morgan fingerprint density at radius 1 is 1.27 bits per heavy atom. The molecule has 0 bridgehead atoms. The minimum absolute atomic E-state index is 0.167. The molecule has 2 amide bonds. The van der Waals surface area contributed by atoms with E-state index in [0.717, 1.165) is 18.6 Å². The van der Waals surface area contributed by atoms with Gasteiger partial charge in [0, 0.05) is 29.2 Å². The molecule has 1 aromatic heterocycles. The minimum atomic E-state index is -0.390. The average molecular weight is 427 g/mol. The summed E-state index contributed by atoms with van der Waals surface area (Å²) in [6.45, 7) is 3.42. The van der Waals surface area contributed by atoms with E-state index in [0.29, 0.717) is 35.5 Å². The van der Waals surface area contributed by atoms with Gasteiger partial charge >= 0.3 is 6.03 Å². The van der Waals surface area contributed by atoms with Crippen LogP contribution in [0.5, 0.6) is 5.75 Å². The normalized spacial score (nSPS) is 18.8. The number of nitrogens with one attached hydrogen (secondary N) is 1. The maximum atomic E-state index is 12.7. The van der Waals surface area contributed by atoms with Crippen LogP contribution in [0.3, 0.4) is 0 Å². The Labute approximate surface area is 180 Å². The van der Waals surface area contributed by atoms with Crippen LogP contribution in [0.15, 0.2) is 59.1 Å². The van der Waals surface area contributed by atoms with Gasteiger partial charge < -0.3 is 19.5 Å². The Kier molecular flexibility index (Phi) is 5.90. The van der Waals surface area contributed by atoms with Crippen LogP contribution in [0.4, 0.5) is 10.5 Å². The van der Waals surface area contributed by atoms with E-state index in [4.69, 9.17) is 20.9 Å². The number of urea groups is 1. The Morgan fingerprint density at radius 2 is 2.10 bits per heavy atom. The largest absolute Gasteiger partial charge is 0.484 e. The molecule has 0 spiro atoms. The predicted octanol–water partition coefficient (Wildman–Crippen LogP) is 4.89. The molecule has 1 aliphatic heterocycles. The molecule has 3 aromatic rings. The van der Waals surface area contributed by atoms with Gasteiger partial charge in [0.2, 0.25) is 0 Å². The van der Waals surface area contributed by atoms with E-state index in [1.807, 2.05) is 36.4 Å². The van der Waals surface area contributed by atoms with Gasteiger partial charge in [0.15, 0.2) is 12.4 Å². The Balaban J connectivity index is 1.40. The first kappa shape index (κ1) is 20.2. The summed E-state index contributed by atoms with van der Waals surface area (Å²) in [6, 6.07) is 16.4. The average Bonchev–Trinajstić information content (AvgIpc) is 3.23. The Bertz CT molecular complexity index is 1010. The number of carbonyl (C=O) groups is 1. The van der Waals surface area contributed by atoms with Crippen molar-refractivity contribution in [2.75, 3.05) is 18.4 Å². The van der Waals surface area contributed by atoms with Crippen LogP contribution in [0.2, 0.25) is 5.02 Å². The van der Waals surface area contributed by atoms with Crippen molar-refractivity contribution < 1.29 is 14.1 Å². The van der Waals surface area contributed by atoms with Gasteiger partial charge in [-0.1, -0.05) is 47.9 Å². The third kappa shape index (κ3) is 4.74. The van der Waals surface area contributed by atoms with Crippen molar-refractivity contribution in [2.24, 2.45) is 0 Å². The number of benzene rings is 2. The number of ether oxygens (including phenoxy) is 1. The van der Waals surface area contributed by atoms with Crippen molar-refractivity contribution in [1.29, 1.82) is 0 Å². The van der Waals surface area contributed by atoms with Crippen molar-refractivity contribution in [3.8, 4) is 5.75 Å². The second-order valence-electron chi connectivity index (χ2n) is 7.64. The number of rotatable bonds is 5. The quantitative estimate of drug-likeness (QED) is 0.628. The fourth-order valence-electron chi connectivity index (χ4n) is 3.58. The monoisotopic (exact) mass is 426 g/mol. The molecule has 1 N–H and O–H groups in total. The lowest BCUT2D eigenvalue weighted by Gasteiger charge is -2.38. The third-order valence-corrected chi connectivity index (χ3v) is 5.41. The van der Waals surface area contributed by atoms with Crippen molar-refractivity contribution in [3.05, 3.63) is 71.3 Å². The summed E-state index contributed by atoms with van der Waals surface area (Å²) >= 11 is 6.00. The van der Waals surface area contributed by atoms with Gasteiger partial charge in [-0.25, -0.2) is 4.79 Å². The molecule has 1 aliphatic rings. The predicted molar refractivity (Wildman–Crippen MR) is 114 cm³/mol. The van der Waals surface area contributed by atoms with Crippen molar-refractivity contribution in [2.45, 2.75) is 31.8 Å². The molecule has 7 nitrogen and oxygen atoms in total. The Morgan fingerprint density at radius 3 is 2.90 bits per heavy atom. The molecule has 156 valence electrons. The molecule has 1 unspecified atom stereocenters. The summed E-state index contributed by atoms with van der Waals surface area (Å²) in [7, 11) is 0. The van der Waals surface area contributed by atoms with E-state index >= 15 is 0 Å². The van der Waals surface area contributed by atoms with Gasteiger partial charge in [-0.15, -0.1) is 0 Å². The maximum absolute atomic E-state index is 12.7. The third-order valence-electron chi connectivity index (χ3n) is 5.17. The molecule has 2 aromatic carbocycles. The number of para-hydroxylation sites is 1. The van der Waals surface area contributed by atoms with E-state index in [2.05, 4.69) is 22.4 Å². The highest BCUT2D eigenvalue weighted by Crippen LogP contribution is 2.32. The summed E-state index contributed by atoms with van der Waals surface area (Å²) in [5.74, 6) is 1.75. The van der Waals surface area contributed by atoms with Crippen LogP contribution in [-0.2, 0) is 12.0 Å². The summed E-state index contributed by atoms with van der Waals surface area (Å²) in [4.78, 5) is 19.1. The highest BCUT2D eigenvalue weighted by atomic mass is 35.5. The number of hydrogen-bond donors (Lipinski definition) is 1. The lowest BCUT2D eigenvalue weighted by Crippen LogP contribution is -2.49. The van der Waals surface area contributed by atoms with E-state index < -0.39 is 5.41 Å². The van der Waals surface area contributed by atoms with Gasteiger partial charge in [0.25, 0.3) is 5.89 Å². The number of hydrogen-bond acceptors (Lipinski definition) is 5. The van der Waals surface area contributed by atoms with Crippen LogP contribution in [0.25, 0.3) is 0 Å². The maximum Gasteiger partial charge on any atom is 0.321 e. The smallest absolute Gasteiger partial charge is 0.321 e. The van der Waals surface area contributed by atoms with Gasteiger partial charge in [-0.3, -0.25) is 0 Å². The molecular formula is C22H23ClN4O3. The summed E-state index contributed by atoms with van der Waals surface area (Å²) in [5, 5.41) is 7.65. The number of aromatic nitrogens is 2. The van der Waals surface area contributed by atoms with Crippen LogP contribution in [-0.4, -0.2) is 34.2 Å². The minimum Gasteiger partial charge on any atom is -0.484 e. The molecule has 8 heteroatoms. The lowest BCUT2D eigenvalue weighted by molar-refractivity contribution is 0.161. The highest BCUT2D eigenvalue weighted by molar-refractivity contribution is 6.30. The fraction of sp³-hybridized carbons (Fsp3) is 0.318. The second-order valence-corrected chi connectivity index (χ2v) is 8.08. The van der Waals surface area contributed by atoms with Gasteiger partial charge in [0.1, 0.15) is 5.75 Å². The molecular weight excluding hydrogens is 404 g/mol. The highest BCUT2D eigenvalue weighted by Gasteiger charge is 2.38. The topological polar surface area (TPSA) is 80.5 Å². The second kappa shape index (κ2) is 8.75. The van der Waals surface area contributed by atoms with E-state index in [1.165, 1.54) is 0 Å². The molecule has 0 aliphatic carbocycles. The molecule has 0 saturated carbocycles. The molecule has 30 heavy (non-hydrogen) atoms. The van der Waals surface area contributed by atoms with Crippen LogP contribution in [0.1, 0.15) is 31.5 Å². The zero-order chi connectivity index (χ0) is 21.0. The van der Waals surface area contributed by atoms with Crippen molar-refractivity contribution in [1.82, 2.24) is 15.0 Å². The first-order chi connectivity index (χ1) is 14.5. The van der Waals surface area contributed by atoms with Gasteiger partial charge in [-0.05, 0) is 43.2 Å². The van der Waals surface area contributed by atoms with Gasteiger partial charge in [0.05, 0.1) is 0 Å². The standard InChI is InChI=1S/C22H23ClN4O3/c1-22(20-25-19(30-26-20)14-29-18-9-3-2-4-10-18)11-6-12-27(15-22)21(28)24-17-8-5-7-16(23)13-17/h2-5,7-10,13H,6,11-12,14-15H2,1H3,(H,24,28). The number of anilines is 1. The zero-order valence-corrected chi connectivity index (χ0v) is 17.4. The molecule has 1 saturated heterocycles. The SMILES string of the molecule is CC1(c2noc(COc3ccccc3)n2)CCCN(C(=O)Nc2cccc(Cl)c2)C1. The molecule has 2 heterocycles. The first-order valence-corrected chi connectivity index (χ1v) is 10.2. The summed E-state index contributed by atoms with van der Waals surface area (Å²) in [6.07, 6.45) is 1.72.